The number of hydrogen-bond acceptors (Lipinski definition) is 4. The average molecular weight is 446 g/mol. The van der Waals surface area contributed by atoms with E-state index in [9.17, 15) is 9.18 Å². The Kier molecular flexibility index (Phi) is 6.35. The summed E-state index contributed by atoms with van der Waals surface area (Å²) in [6.45, 7) is 2.00. The summed E-state index contributed by atoms with van der Waals surface area (Å²) < 4.78 is 20.9. The van der Waals surface area contributed by atoms with Crippen LogP contribution < -0.4 is 4.74 Å². The second-order valence-corrected chi connectivity index (χ2v) is 8.76. The van der Waals surface area contributed by atoms with Gasteiger partial charge in [-0.15, -0.1) is 0 Å². The second-order valence-electron chi connectivity index (χ2n) is 8.76. The highest BCUT2D eigenvalue weighted by molar-refractivity contribution is 5.79. The van der Waals surface area contributed by atoms with Gasteiger partial charge in [-0.3, -0.25) is 14.7 Å². The van der Waals surface area contributed by atoms with E-state index in [0.717, 1.165) is 42.8 Å². The molecule has 3 aromatic rings. The van der Waals surface area contributed by atoms with E-state index in [4.69, 9.17) is 4.74 Å². The third kappa shape index (κ3) is 4.76. The molecule has 1 aromatic heterocycles. The molecule has 0 radical (unpaired) electrons. The molecule has 0 saturated carbocycles. The predicted octanol–water partition coefficient (Wildman–Crippen LogP) is 4.91. The van der Waals surface area contributed by atoms with Gasteiger partial charge in [-0.05, 0) is 43.5 Å². The monoisotopic (exact) mass is 445 g/mol. The molecule has 5 nitrogen and oxygen atoms in total. The molecule has 0 spiro atoms. The first-order valence-corrected chi connectivity index (χ1v) is 11.6. The van der Waals surface area contributed by atoms with Crippen molar-refractivity contribution in [2.24, 2.45) is 0 Å². The number of pyridine rings is 1. The number of aromatic nitrogens is 1. The summed E-state index contributed by atoms with van der Waals surface area (Å²) in [5, 5.41) is 0. The predicted molar refractivity (Wildman–Crippen MR) is 124 cm³/mol. The number of fused-ring (bicyclic) bond motifs is 1. The van der Waals surface area contributed by atoms with Gasteiger partial charge < -0.3 is 9.64 Å². The van der Waals surface area contributed by atoms with Gasteiger partial charge in [0.1, 0.15) is 17.7 Å². The first kappa shape index (κ1) is 21.6. The SMILES string of the molecule is O=C(CN1Cc2ccccc2OC(c2ccccc2F)C1)N1CCCCC1c1ccccn1. The number of carbonyl (C=O) groups is 1. The molecule has 0 N–H and O–H groups in total. The number of carbonyl (C=O) groups excluding carboxylic acids is 1. The lowest BCUT2D eigenvalue weighted by molar-refractivity contribution is -0.136. The van der Waals surface area contributed by atoms with Crippen molar-refractivity contribution in [3.63, 3.8) is 0 Å². The first-order chi connectivity index (χ1) is 16.2. The van der Waals surface area contributed by atoms with Gasteiger partial charge in [0.2, 0.25) is 5.91 Å². The Hall–Kier alpha value is -3.25. The maximum absolute atomic E-state index is 14.6. The first-order valence-electron chi connectivity index (χ1n) is 11.6. The maximum atomic E-state index is 14.6. The molecule has 33 heavy (non-hydrogen) atoms. The summed E-state index contributed by atoms with van der Waals surface area (Å²) in [5.74, 6) is 0.529. The van der Waals surface area contributed by atoms with E-state index in [1.807, 2.05) is 53.4 Å². The molecule has 2 aliphatic heterocycles. The summed E-state index contributed by atoms with van der Waals surface area (Å²) in [5.41, 5.74) is 2.46. The lowest BCUT2D eigenvalue weighted by Crippen LogP contribution is -2.45. The van der Waals surface area contributed by atoms with E-state index in [2.05, 4.69) is 9.88 Å². The smallest absolute Gasteiger partial charge is 0.237 e. The number of nitrogens with zero attached hydrogens (tertiary/aromatic N) is 3. The van der Waals surface area contributed by atoms with Crippen LogP contribution in [0.15, 0.2) is 72.9 Å². The van der Waals surface area contributed by atoms with Crippen LogP contribution in [0.2, 0.25) is 0 Å². The molecule has 1 amide bonds. The number of likely N-dealkylation sites (tertiary alicyclic amines) is 1. The molecule has 170 valence electrons. The van der Waals surface area contributed by atoms with Gasteiger partial charge in [-0.1, -0.05) is 42.5 Å². The van der Waals surface area contributed by atoms with Gasteiger partial charge in [0.25, 0.3) is 0 Å². The highest BCUT2D eigenvalue weighted by atomic mass is 19.1. The largest absolute Gasteiger partial charge is 0.484 e. The third-order valence-electron chi connectivity index (χ3n) is 6.52. The molecule has 6 heteroatoms. The summed E-state index contributed by atoms with van der Waals surface area (Å²) in [7, 11) is 0. The van der Waals surface area contributed by atoms with Gasteiger partial charge in [0.05, 0.1) is 18.3 Å². The summed E-state index contributed by atoms with van der Waals surface area (Å²) >= 11 is 0. The highest BCUT2D eigenvalue weighted by Gasteiger charge is 2.32. The Labute approximate surface area is 193 Å². The van der Waals surface area contributed by atoms with Crippen molar-refractivity contribution in [1.82, 2.24) is 14.8 Å². The molecule has 2 unspecified atom stereocenters. The van der Waals surface area contributed by atoms with Gasteiger partial charge >= 0.3 is 0 Å². The molecule has 2 atom stereocenters. The lowest BCUT2D eigenvalue weighted by Gasteiger charge is -2.37. The molecule has 2 aliphatic rings. The van der Waals surface area contributed by atoms with Crippen LogP contribution in [-0.4, -0.2) is 40.3 Å². The number of amides is 1. The molecular weight excluding hydrogens is 417 g/mol. The number of rotatable bonds is 4. The average Bonchev–Trinajstić information content (AvgIpc) is 3.04. The van der Waals surface area contributed by atoms with Crippen LogP contribution in [0.1, 0.15) is 48.2 Å². The van der Waals surface area contributed by atoms with E-state index in [1.54, 1.807) is 18.3 Å². The standard InChI is InChI=1S/C27H28FN3O2/c28-22-11-3-2-10-21(22)26-18-30(17-20-9-1-4-14-25(20)33-26)19-27(32)31-16-8-6-13-24(31)23-12-5-7-15-29-23/h1-5,7,9-12,14-15,24,26H,6,8,13,16-19H2. The van der Waals surface area contributed by atoms with Crippen LogP contribution in [0, 0.1) is 5.82 Å². The minimum absolute atomic E-state index is 0.00493. The molecule has 5 rings (SSSR count). The van der Waals surface area contributed by atoms with E-state index in [-0.39, 0.29) is 24.3 Å². The summed E-state index contributed by atoms with van der Waals surface area (Å²) in [6, 6.07) is 20.4. The van der Waals surface area contributed by atoms with Crippen LogP contribution in [0.25, 0.3) is 0 Å². The molecule has 0 bridgehead atoms. The lowest BCUT2D eigenvalue weighted by atomic mass is 9.98. The zero-order valence-corrected chi connectivity index (χ0v) is 18.6. The van der Waals surface area contributed by atoms with Crippen LogP contribution in [0.5, 0.6) is 5.75 Å². The fraction of sp³-hybridized carbons (Fsp3) is 0.333. The van der Waals surface area contributed by atoms with Gasteiger partial charge in [0, 0.05) is 37.0 Å². The molecule has 1 saturated heterocycles. The fourth-order valence-corrected chi connectivity index (χ4v) is 4.89. The van der Waals surface area contributed by atoms with Crippen LogP contribution in [0.3, 0.4) is 0 Å². The molecule has 0 aliphatic carbocycles. The Balaban J connectivity index is 1.39. The number of halogens is 1. The molecule has 3 heterocycles. The van der Waals surface area contributed by atoms with E-state index < -0.39 is 6.10 Å². The van der Waals surface area contributed by atoms with Crippen molar-refractivity contribution in [2.45, 2.75) is 38.0 Å². The Morgan fingerprint density at radius 3 is 2.70 bits per heavy atom. The van der Waals surface area contributed by atoms with Crippen molar-refractivity contribution in [1.29, 1.82) is 0 Å². The second kappa shape index (κ2) is 9.71. The van der Waals surface area contributed by atoms with Crippen LogP contribution >= 0.6 is 0 Å². The third-order valence-corrected chi connectivity index (χ3v) is 6.52. The van der Waals surface area contributed by atoms with Crippen molar-refractivity contribution >= 4 is 5.91 Å². The number of ether oxygens (including phenoxy) is 1. The van der Waals surface area contributed by atoms with Crippen molar-refractivity contribution in [3.05, 3.63) is 95.6 Å². The van der Waals surface area contributed by atoms with Crippen molar-refractivity contribution < 1.29 is 13.9 Å². The van der Waals surface area contributed by atoms with Crippen LogP contribution in [-0.2, 0) is 11.3 Å². The maximum Gasteiger partial charge on any atom is 0.237 e. The molecule has 1 fully saturated rings. The van der Waals surface area contributed by atoms with Gasteiger partial charge in [-0.25, -0.2) is 4.39 Å². The van der Waals surface area contributed by atoms with Crippen molar-refractivity contribution in [3.8, 4) is 5.75 Å². The number of benzene rings is 2. The zero-order chi connectivity index (χ0) is 22.6. The van der Waals surface area contributed by atoms with Gasteiger partial charge in [0.15, 0.2) is 0 Å². The van der Waals surface area contributed by atoms with E-state index >= 15 is 0 Å². The van der Waals surface area contributed by atoms with Gasteiger partial charge in [-0.2, -0.15) is 0 Å². The fourth-order valence-electron chi connectivity index (χ4n) is 4.89. The summed E-state index contributed by atoms with van der Waals surface area (Å²) in [6.07, 6.45) is 4.31. The minimum atomic E-state index is -0.490. The minimum Gasteiger partial charge on any atom is -0.484 e. The van der Waals surface area contributed by atoms with E-state index in [1.165, 1.54) is 6.07 Å². The highest BCUT2D eigenvalue weighted by Crippen LogP contribution is 2.33. The quantitative estimate of drug-likeness (QED) is 0.573. The Bertz CT molecular complexity index is 1110. The number of para-hydroxylation sites is 1. The van der Waals surface area contributed by atoms with Crippen LogP contribution in [0.4, 0.5) is 4.39 Å². The Morgan fingerprint density at radius 1 is 1.03 bits per heavy atom. The molecule has 2 aromatic carbocycles. The number of piperidine rings is 1. The van der Waals surface area contributed by atoms with Crippen molar-refractivity contribution in [2.75, 3.05) is 19.6 Å². The van der Waals surface area contributed by atoms with E-state index in [0.29, 0.717) is 18.7 Å². The zero-order valence-electron chi connectivity index (χ0n) is 18.6. The Morgan fingerprint density at radius 2 is 1.85 bits per heavy atom. The molecular formula is C27H28FN3O2. The topological polar surface area (TPSA) is 45.7 Å². The normalized spacial score (nSPS) is 21.1. The summed E-state index contributed by atoms with van der Waals surface area (Å²) in [4.78, 5) is 22.1. The number of hydrogen-bond donors (Lipinski definition) is 0.